The number of benzene rings is 1. The molecule has 1 aromatic carbocycles. The number of hydrogen-bond acceptors (Lipinski definition) is 3. The largest absolute Gasteiger partial charge is 0.464 e. The molecule has 1 N–H and O–H groups in total. The molecule has 5 nitrogen and oxygen atoms in total. The number of para-hydroxylation sites is 1. The van der Waals surface area contributed by atoms with Crippen molar-refractivity contribution in [3.8, 4) is 5.75 Å². The van der Waals surface area contributed by atoms with Crippen LogP contribution in [0.4, 0.5) is 0 Å². The first-order valence-corrected chi connectivity index (χ1v) is 4.72. The highest BCUT2D eigenvalue weighted by Gasteiger charge is 2.07. The van der Waals surface area contributed by atoms with E-state index in [1.165, 1.54) is 0 Å². The normalized spacial score (nSPS) is 11.6. The molecule has 0 saturated heterocycles. The maximum absolute atomic E-state index is 9.39. The summed E-state index contributed by atoms with van der Waals surface area (Å²) in [7, 11) is 0. The average molecular weight is 228 g/mol. The molecular formula is C9H10ClN3O2. The van der Waals surface area contributed by atoms with Crippen molar-refractivity contribution in [1.29, 1.82) is 0 Å². The van der Waals surface area contributed by atoms with E-state index in [-0.39, 0.29) is 13.0 Å². The van der Waals surface area contributed by atoms with E-state index in [4.69, 9.17) is 21.9 Å². The number of rotatable bonds is 5. The molecule has 0 aliphatic carbocycles. The van der Waals surface area contributed by atoms with Gasteiger partial charge in [0.1, 0.15) is 5.75 Å². The van der Waals surface area contributed by atoms with Gasteiger partial charge in [0.15, 0.2) is 6.29 Å². The highest BCUT2D eigenvalue weighted by Crippen LogP contribution is 2.24. The molecule has 80 valence electrons. The van der Waals surface area contributed by atoms with Crippen molar-refractivity contribution in [2.24, 2.45) is 5.11 Å². The minimum Gasteiger partial charge on any atom is -0.464 e. The van der Waals surface area contributed by atoms with Gasteiger partial charge in [0.25, 0.3) is 0 Å². The van der Waals surface area contributed by atoms with E-state index in [1.807, 2.05) is 0 Å². The molecule has 0 spiro atoms. The first kappa shape index (κ1) is 11.7. The highest BCUT2D eigenvalue weighted by atomic mass is 35.5. The summed E-state index contributed by atoms with van der Waals surface area (Å²) in [5, 5.41) is 13.1. The number of halogens is 1. The molecule has 0 fully saturated rings. The van der Waals surface area contributed by atoms with Gasteiger partial charge in [-0.3, -0.25) is 0 Å². The molecule has 0 bridgehead atoms. The fourth-order valence-corrected chi connectivity index (χ4v) is 1.14. The lowest BCUT2D eigenvalue weighted by Gasteiger charge is -2.12. The fraction of sp³-hybridized carbons (Fsp3) is 0.333. The van der Waals surface area contributed by atoms with Crippen molar-refractivity contribution in [1.82, 2.24) is 0 Å². The zero-order valence-corrected chi connectivity index (χ0v) is 8.63. The predicted molar refractivity (Wildman–Crippen MR) is 56.7 cm³/mol. The Balaban J connectivity index is 2.47. The molecule has 1 unspecified atom stereocenters. The Hall–Kier alpha value is -1.42. The molecule has 1 rings (SSSR count). The molecule has 1 atom stereocenters. The summed E-state index contributed by atoms with van der Waals surface area (Å²) in [4.78, 5) is 2.56. The van der Waals surface area contributed by atoms with Crippen molar-refractivity contribution >= 4 is 11.6 Å². The molecular weight excluding hydrogens is 218 g/mol. The standard InChI is InChI=1S/C9H10ClN3O2/c10-7-3-1-2-4-8(7)15-9(14)5-6-12-13-11/h1-4,9,14H,5-6H2. The zero-order chi connectivity index (χ0) is 11.1. The van der Waals surface area contributed by atoms with Crippen molar-refractivity contribution < 1.29 is 9.84 Å². The van der Waals surface area contributed by atoms with E-state index in [9.17, 15) is 5.11 Å². The Labute approximate surface area is 91.9 Å². The summed E-state index contributed by atoms with van der Waals surface area (Å²) in [5.41, 5.74) is 8.03. The summed E-state index contributed by atoms with van der Waals surface area (Å²) in [6.45, 7) is 0.183. The number of aliphatic hydroxyl groups excluding tert-OH is 1. The molecule has 0 aliphatic heterocycles. The third-order valence-electron chi connectivity index (χ3n) is 1.64. The van der Waals surface area contributed by atoms with Crippen molar-refractivity contribution in [3.05, 3.63) is 39.7 Å². The molecule has 0 heterocycles. The molecule has 0 radical (unpaired) electrons. The Morgan fingerprint density at radius 2 is 2.27 bits per heavy atom. The zero-order valence-electron chi connectivity index (χ0n) is 7.88. The Morgan fingerprint density at radius 1 is 1.53 bits per heavy atom. The summed E-state index contributed by atoms with van der Waals surface area (Å²) in [6.07, 6.45) is -0.787. The molecule has 0 aromatic heterocycles. The van der Waals surface area contributed by atoms with Crippen LogP contribution in [0.5, 0.6) is 5.75 Å². The monoisotopic (exact) mass is 227 g/mol. The van der Waals surface area contributed by atoms with Crippen LogP contribution in [0, 0.1) is 0 Å². The van der Waals surface area contributed by atoms with Crippen LogP contribution in [0.1, 0.15) is 6.42 Å². The lowest BCUT2D eigenvalue weighted by atomic mass is 10.3. The maximum atomic E-state index is 9.39. The van der Waals surface area contributed by atoms with Gasteiger partial charge in [0.2, 0.25) is 0 Å². The second-order valence-electron chi connectivity index (χ2n) is 2.75. The summed E-state index contributed by atoms with van der Waals surface area (Å²) < 4.78 is 5.13. The summed E-state index contributed by atoms with van der Waals surface area (Å²) in [6, 6.07) is 6.83. The summed E-state index contributed by atoms with van der Waals surface area (Å²) in [5.74, 6) is 0.410. The van der Waals surface area contributed by atoms with E-state index in [0.717, 1.165) is 0 Å². The summed E-state index contributed by atoms with van der Waals surface area (Å²) >= 11 is 5.81. The number of azide groups is 1. The van der Waals surface area contributed by atoms with Gasteiger partial charge in [-0.1, -0.05) is 28.8 Å². The first-order chi connectivity index (χ1) is 7.24. The van der Waals surface area contributed by atoms with Crippen molar-refractivity contribution in [2.75, 3.05) is 6.54 Å². The SMILES string of the molecule is [N-]=[N+]=NCCC(O)Oc1ccccc1Cl. The van der Waals surface area contributed by atoms with Gasteiger partial charge in [-0.15, -0.1) is 0 Å². The minimum absolute atomic E-state index is 0.183. The Bertz CT molecular complexity index is 366. The topological polar surface area (TPSA) is 78.2 Å². The predicted octanol–water partition coefficient (Wildman–Crippen LogP) is 2.74. The minimum atomic E-state index is -1.02. The second kappa shape index (κ2) is 6.14. The van der Waals surface area contributed by atoms with Crippen LogP contribution in [0.25, 0.3) is 10.4 Å². The molecule has 15 heavy (non-hydrogen) atoms. The fourth-order valence-electron chi connectivity index (χ4n) is 0.959. The lowest BCUT2D eigenvalue weighted by molar-refractivity contribution is -0.0207. The van der Waals surface area contributed by atoms with Crippen LogP contribution in [0.2, 0.25) is 5.02 Å². The molecule has 6 heteroatoms. The number of hydrogen-bond donors (Lipinski definition) is 1. The van der Waals surface area contributed by atoms with Gasteiger partial charge in [0, 0.05) is 17.9 Å². The van der Waals surface area contributed by atoms with E-state index in [2.05, 4.69) is 10.0 Å². The Morgan fingerprint density at radius 3 is 2.93 bits per heavy atom. The number of ether oxygens (including phenoxy) is 1. The van der Waals surface area contributed by atoms with E-state index >= 15 is 0 Å². The lowest BCUT2D eigenvalue weighted by Crippen LogP contribution is -2.16. The second-order valence-corrected chi connectivity index (χ2v) is 3.15. The van der Waals surface area contributed by atoms with Gasteiger partial charge in [0.05, 0.1) is 5.02 Å². The molecule has 0 amide bonds. The van der Waals surface area contributed by atoms with E-state index in [1.54, 1.807) is 24.3 Å². The van der Waals surface area contributed by atoms with Crippen LogP contribution < -0.4 is 4.74 Å². The quantitative estimate of drug-likeness (QED) is 0.363. The van der Waals surface area contributed by atoms with Crippen LogP contribution in [0.3, 0.4) is 0 Å². The van der Waals surface area contributed by atoms with Crippen LogP contribution in [-0.4, -0.2) is 17.9 Å². The van der Waals surface area contributed by atoms with Crippen LogP contribution in [0.15, 0.2) is 29.4 Å². The molecule has 0 saturated carbocycles. The first-order valence-electron chi connectivity index (χ1n) is 4.34. The maximum Gasteiger partial charge on any atom is 0.197 e. The number of aliphatic hydroxyl groups is 1. The van der Waals surface area contributed by atoms with Crippen LogP contribution in [-0.2, 0) is 0 Å². The van der Waals surface area contributed by atoms with E-state index < -0.39 is 6.29 Å². The molecule has 1 aromatic rings. The highest BCUT2D eigenvalue weighted by molar-refractivity contribution is 6.32. The van der Waals surface area contributed by atoms with Gasteiger partial charge >= 0.3 is 0 Å². The van der Waals surface area contributed by atoms with Crippen LogP contribution >= 0.6 is 11.6 Å². The van der Waals surface area contributed by atoms with Crippen molar-refractivity contribution in [2.45, 2.75) is 12.7 Å². The smallest absolute Gasteiger partial charge is 0.197 e. The Kier molecular flexibility index (Phi) is 4.77. The van der Waals surface area contributed by atoms with Gasteiger partial charge < -0.3 is 9.84 Å². The van der Waals surface area contributed by atoms with Gasteiger partial charge in [-0.2, -0.15) is 0 Å². The number of nitrogens with zero attached hydrogens (tertiary/aromatic N) is 3. The average Bonchev–Trinajstić information content (AvgIpc) is 2.22. The third-order valence-corrected chi connectivity index (χ3v) is 1.95. The van der Waals surface area contributed by atoms with Gasteiger partial charge in [-0.25, -0.2) is 0 Å². The third kappa shape index (κ3) is 4.08. The van der Waals surface area contributed by atoms with E-state index in [0.29, 0.717) is 10.8 Å². The van der Waals surface area contributed by atoms with Gasteiger partial charge in [-0.05, 0) is 17.7 Å². The van der Waals surface area contributed by atoms with Crippen molar-refractivity contribution in [3.63, 3.8) is 0 Å². The molecule has 0 aliphatic rings.